The van der Waals surface area contributed by atoms with Crippen molar-refractivity contribution in [1.82, 2.24) is 5.32 Å². The number of nitrogens with one attached hydrogen (secondary N) is 1. The zero-order chi connectivity index (χ0) is 12.7. The van der Waals surface area contributed by atoms with E-state index in [4.69, 9.17) is 22.5 Å². The first kappa shape index (κ1) is 13.8. The second kappa shape index (κ2) is 7.14. The van der Waals surface area contributed by atoms with E-state index < -0.39 is 0 Å². The molecule has 4 nitrogen and oxygen atoms in total. The van der Waals surface area contributed by atoms with Gasteiger partial charge < -0.3 is 16.3 Å². The maximum absolute atomic E-state index is 8.38. The predicted octanol–water partition coefficient (Wildman–Crippen LogP) is 2.52. The summed E-state index contributed by atoms with van der Waals surface area (Å²) in [6, 6.07) is 7.96. The monoisotopic (exact) mass is 255 g/mol. The molecule has 0 amide bonds. The molecule has 0 saturated carbocycles. The summed E-state index contributed by atoms with van der Waals surface area (Å²) in [5.41, 5.74) is 6.46. The summed E-state index contributed by atoms with van der Waals surface area (Å²) in [4.78, 5) is 0. The molecule has 17 heavy (non-hydrogen) atoms. The number of halogens is 1. The topological polar surface area (TPSA) is 70.6 Å². The molecule has 1 rings (SSSR count). The molecule has 0 aromatic heterocycles. The fourth-order valence-corrected chi connectivity index (χ4v) is 1.87. The van der Waals surface area contributed by atoms with Crippen molar-refractivity contribution >= 4 is 17.4 Å². The SMILES string of the molecule is C[C@@H](NCCC/C(N)=N/O)c1ccccc1Cl. The predicted molar refractivity (Wildman–Crippen MR) is 70.5 cm³/mol. The van der Waals surface area contributed by atoms with Crippen LogP contribution in [0.3, 0.4) is 0 Å². The van der Waals surface area contributed by atoms with Gasteiger partial charge in [0, 0.05) is 17.5 Å². The molecule has 0 fully saturated rings. The summed E-state index contributed by atoms with van der Waals surface area (Å²) in [5.74, 6) is 0.261. The Hall–Kier alpha value is -1.26. The molecule has 0 spiro atoms. The third kappa shape index (κ3) is 4.63. The Labute approximate surface area is 106 Å². The van der Waals surface area contributed by atoms with Gasteiger partial charge >= 0.3 is 0 Å². The molecule has 0 aliphatic rings. The van der Waals surface area contributed by atoms with Crippen LogP contribution in [0, 0.1) is 0 Å². The van der Waals surface area contributed by atoms with Crippen LogP contribution in [0.15, 0.2) is 29.4 Å². The molecule has 0 unspecified atom stereocenters. The van der Waals surface area contributed by atoms with Gasteiger partial charge in [-0.15, -0.1) is 0 Å². The van der Waals surface area contributed by atoms with E-state index in [0.29, 0.717) is 6.42 Å². The van der Waals surface area contributed by atoms with E-state index in [1.807, 2.05) is 24.3 Å². The smallest absolute Gasteiger partial charge is 0.139 e. The highest BCUT2D eigenvalue weighted by Gasteiger charge is 2.07. The molecule has 0 heterocycles. The molecule has 0 radical (unpaired) electrons. The quantitative estimate of drug-likeness (QED) is 0.241. The molecular formula is C12H18ClN3O. The first-order valence-electron chi connectivity index (χ1n) is 5.59. The Morgan fingerprint density at radius 1 is 1.53 bits per heavy atom. The molecule has 1 aromatic carbocycles. The highest BCUT2D eigenvalue weighted by Crippen LogP contribution is 2.21. The van der Waals surface area contributed by atoms with E-state index in [-0.39, 0.29) is 11.9 Å². The second-order valence-electron chi connectivity index (χ2n) is 3.89. The molecule has 0 aliphatic carbocycles. The molecule has 1 atom stereocenters. The molecule has 0 bridgehead atoms. The third-order valence-corrected chi connectivity index (χ3v) is 2.90. The van der Waals surface area contributed by atoms with Gasteiger partial charge in [-0.2, -0.15) is 0 Å². The molecule has 5 heteroatoms. The number of benzene rings is 1. The second-order valence-corrected chi connectivity index (χ2v) is 4.30. The highest BCUT2D eigenvalue weighted by atomic mass is 35.5. The summed E-state index contributed by atoms with van der Waals surface area (Å²) in [6.45, 7) is 2.85. The van der Waals surface area contributed by atoms with Gasteiger partial charge in [-0.25, -0.2) is 0 Å². The maximum Gasteiger partial charge on any atom is 0.139 e. The summed E-state index contributed by atoms with van der Waals surface area (Å²) < 4.78 is 0. The lowest BCUT2D eigenvalue weighted by molar-refractivity contribution is 0.316. The van der Waals surface area contributed by atoms with E-state index >= 15 is 0 Å². The largest absolute Gasteiger partial charge is 0.409 e. The zero-order valence-corrected chi connectivity index (χ0v) is 10.6. The number of rotatable bonds is 6. The molecule has 94 valence electrons. The average molecular weight is 256 g/mol. The van der Waals surface area contributed by atoms with Crippen LogP contribution in [0.25, 0.3) is 0 Å². The van der Waals surface area contributed by atoms with Crippen molar-refractivity contribution in [2.24, 2.45) is 10.9 Å². The van der Waals surface area contributed by atoms with Crippen LogP contribution in [-0.4, -0.2) is 17.6 Å². The summed E-state index contributed by atoms with van der Waals surface area (Å²) in [7, 11) is 0. The van der Waals surface area contributed by atoms with Crippen LogP contribution >= 0.6 is 11.6 Å². The van der Waals surface area contributed by atoms with Crippen molar-refractivity contribution in [1.29, 1.82) is 0 Å². The first-order chi connectivity index (χ1) is 8.15. The Bertz CT molecular complexity index is 382. The highest BCUT2D eigenvalue weighted by molar-refractivity contribution is 6.31. The van der Waals surface area contributed by atoms with Crippen molar-refractivity contribution < 1.29 is 5.21 Å². The van der Waals surface area contributed by atoms with E-state index in [2.05, 4.69) is 17.4 Å². The van der Waals surface area contributed by atoms with Gasteiger partial charge in [0.15, 0.2) is 0 Å². The van der Waals surface area contributed by atoms with Crippen molar-refractivity contribution in [3.63, 3.8) is 0 Å². The zero-order valence-electron chi connectivity index (χ0n) is 9.86. The number of amidine groups is 1. The Kier molecular flexibility index (Phi) is 5.80. The molecule has 0 saturated heterocycles. The number of hydrogen-bond acceptors (Lipinski definition) is 3. The number of nitrogens with two attached hydrogens (primary N) is 1. The van der Waals surface area contributed by atoms with Gasteiger partial charge in [0.25, 0.3) is 0 Å². The van der Waals surface area contributed by atoms with Crippen molar-refractivity contribution in [2.75, 3.05) is 6.54 Å². The third-order valence-electron chi connectivity index (χ3n) is 2.56. The van der Waals surface area contributed by atoms with Crippen molar-refractivity contribution in [3.8, 4) is 0 Å². The molecule has 0 aliphatic heterocycles. The minimum Gasteiger partial charge on any atom is -0.409 e. The number of hydrogen-bond donors (Lipinski definition) is 3. The lowest BCUT2D eigenvalue weighted by Gasteiger charge is -2.15. The van der Waals surface area contributed by atoms with Crippen LogP contribution in [0.1, 0.15) is 31.4 Å². The van der Waals surface area contributed by atoms with Crippen LogP contribution in [0.2, 0.25) is 5.02 Å². The van der Waals surface area contributed by atoms with Crippen LogP contribution in [0.4, 0.5) is 0 Å². The Balaban J connectivity index is 2.35. The van der Waals surface area contributed by atoms with E-state index in [1.165, 1.54) is 0 Å². The van der Waals surface area contributed by atoms with Crippen LogP contribution in [-0.2, 0) is 0 Å². The van der Waals surface area contributed by atoms with Crippen LogP contribution < -0.4 is 11.1 Å². The van der Waals surface area contributed by atoms with Gasteiger partial charge in [0.2, 0.25) is 0 Å². The van der Waals surface area contributed by atoms with E-state index in [9.17, 15) is 0 Å². The van der Waals surface area contributed by atoms with Gasteiger partial charge in [0.1, 0.15) is 5.84 Å². The van der Waals surface area contributed by atoms with Gasteiger partial charge in [0.05, 0.1) is 0 Å². The Morgan fingerprint density at radius 3 is 2.88 bits per heavy atom. The van der Waals surface area contributed by atoms with E-state index in [1.54, 1.807) is 0 Å². The summed E-state index contributed by atoms with van der Waals surface area (Å²) in [6.07, 6.45) is 1.41. The molecule has 4 N–H and O–H groups in total. The summed E-state index contributed by atoms with van der Waals surface area (Å²) >= 11 is 6.09. The lowest BCUT2D eigenvalue weighted by Crippen LogP contribution is -2.22. The van der Waals surface area contributed by atoms with E-state index in [0.717, 1.165) is 23.6 Å². The average Bonchev–Trinajstić information content (AvgIpc) is 2.34. The molecule has 1 aromatic rings. The first-order valence-corrected chi connectivity index (χ1v) is 5.97. The number of oxime groups is 1. The minimum atomic E-state index is 0.191. The fraction of sp³-hybridized carbons (Fsp3) is 0.417. The van der Waals surface area contributed by atoms with Crippen LogP contribution in [0.5, 0.6) is 0 Å². The van der Waals surface area contributed by atoms with Crippen molar-refractivity contribution in [2.45, 2.75) is 25.8 Å². The maximum atomic E-state index is 8.38. The van der Waals surface area contributed by atoms with Gasteiger partial charge in [-0.05, 0) is 31.5 Å². The lowest BCUT2D eigenvalue weighted by atomic mass is 10.1. The van der Waals surface area contributed by atoms with Gasteiger partial charge in [-0.1, -0.05) is 35.0 Å². The Morgan fingerprint density at radius 2 is 2.24 bits per heavy atom. The van der Waals surface area contributed by atoms with Crippen molar-refractivity contribution in [3.05, 3.63) is 34.9 Å². The normalized spacial score (nSPS) is 13.6. The van der Waals surface area contributed by atoms with Gasteiger partial charge in [-0.3, -0.25) is 0 Å². The standard InChI is InChI=1S/C12H18ClN3O/c1-9(10-5-2-3-6-11(10)13)15-8-4-7-12(14)16-17/h2-3,5-6,9,15,17H,4,7-8H2,1H3,(H2,14,16)/t9-/m1/s1. The molecular weight excluding hydrogens is 238 g/mol. The summed E-state index contributed by atoms with van der Waals surface area (Å²) in [5, 5.41) is 15.4. The number of nitrogens with zero attached hydrogens (tertiary/aromatic N) is 1. The minimum absolute atomic E-state index is 0.191. The fourth-order valence-electron chi connectivity index (χ4n) is 1.57.